The van der Waals surface area contributed by atoms with E-state index in [-0.39, 0.29) is 11.2 Å². The van der Waals surface area contributed by atoms with Crippen LogP contribution in [-0.4, -0.2) is 11.5 Å². The zero-order valence-corrected chi connectivity index (χ0v) is 12.4. The molecule has 1 heterocycles. The van der Waals surface area contributed by atoms with Crippen LogP contribution in [0.5, 0.6) is 0 Å². The van der Waals surface area contributed by atoms with Gasteiger partial charge in [0.05, 0.1) is 5.02 Å². The summed E-state index contributed by atoms with van der Waals surface area (Å²) in [6, 6.07) is 4.86. The van der Waals surface area contributed by atoms with Crippen LogP contribution in [0.15, 0.2) is 18.2 Å². The van der Waals surface area contributed by atoms with Crippen molar-refractivity contribution >= 4 is 28.3 Å². The highest BCUT2D eigenvalue weighted by molar-refractivity contribution is 6.35. The van der Waals surface area contributed by atoms with E-state index >= 15 is 0 Å². The number of aromatic nitrogens is 1. The number of fused-ring (bicyclic) bond motifs is 1. The van der Waals surface area contributed by atoms with Crippen molar-refractivity contribution in [3.05, 3.63) is 34.6 Å². The predicted molar refractivity (Wildman–Crippen MR) is 79.6 cm³/mol. The highest BCUT2D eigenvalue weighted by Crippen LogP contribution is 2.34. The summed E-state index contributed by atoms with van der Waals surface area (Å²) >= 11 is 6.15. The van der Waals surface area contributed by atoms with Gasteiger partial charge >= 0.3 is 0 Å². The Bertz CT molecular complexity index is 618. The van der Waals surface area contributed by atoms with Crippen LogP contribution < -0.4 is 5.32 Å². The molecule has 2 nitrogen and oxygen atoms in total. The molecule has 0 atom stereocenters. The SMILES string of the molecule is CCNc1nc2c(F)ccc(Cl)c2cc1C(C)(C)C. The average Bonchev–Trinajstić information content (AvgIpc) is 2.33. The van der Waals surface area contributed by atoms with E-state index in [1.54, 1.807) is 6.07 Å². The lowest BCUT2D eigenvalue weighted by Gasteiger charge is -2.23. The van der Waals surface area contributed by atoms with Crippen LogP contribution in [-0.2, 0) is 5.41 Å². The molecule has 1 N–H and O–H groups in total. The number of anilines is 1. The van der Waals surface area contributed by atoms with E-state index in [1.807, 2.05) is 13.0 Å². The lowest BCUT2D eigenvalue weighted by atomic mass is 9.86. The third kappa shape index (κ3) is 2.66. The van der Waals surface area contributed by atoms with Gasteiger partial charge in [-0.3, -0.25) is 0 Å². The molecule has 0 unspecified atom stereocenters. The molecule has 1 aromatic heterocycles. The molecule has 2 aromatic rings. The molecule has 0 aliphatic heterocycles. The first kappa shape index (κ1) is 14.1. The summed E-state index contributed by atoms with van der Waals surface area (Å²) in [7, 11) is 0. The second-order valence-corrected chi connectivity index (χ2v) is 6.00. The maximum Gasteiger partial charge on any atom is 0.149 e. The first-order chi connectivity index (χ1) is 8.84. The number of hydrogen-bond donors (Lipinski definition) is 1. The molecule has 0 saturated heterocycles. The molecule has 19 heavy (non-hydrogen) atoms. The van der Waals surface area contributed by atoms with Gasteiger partial charge < -0.3 is 5.32 Å². The van der Waals surface area contributed by atoms with E-state index < -0.39 is 0 Å². The zero-order valence-electron chi connectivity index (χ0n) is 11.6. The standard InChI is InChI=1S/C15H18ClFN2/c1-5-18-14-10(15(2,3)4)8-9-11(16)6-7-12(17)13(9)19-14/h6-8H,5H2,1-4H3,(H,18,19). The molecule has 0 saturated carbocycles. The highest BCUT2D eigenvalue weighted by Gasteiger charge is 2.21. The Hall–Kier alpha value is -1.35. The van der Waals surface area contributed by atoms with Crippen LogP contribution in [0.25, 0.3) is 10.9 Å². The van der Waals surface area contributed by atoms with Crippen LogP contribution in [0.3, 0.4) is 0 Å². The highest BCUT2D eigenvalue weighted by atomic mass is 35.5. The smallest absolute Gasteiger partial charge is 0.149 e. The predicted octanol–water partition coefficient (Wildman–Crippen LogP) is 4.76. The van der Waals surface area contributed by atoms with Crippen LogP contribution in [0.2, 0.25) is 5.02 Å². The summed E-state index contributed by atoms with van der Waals surface area (Å²) in [5.41, 5.74) is 1.26. The normalized spacial score (nSPS) is 11.9. The van der Waals surface area contributed by atoms with E-state index in [0.29, 0.717) is 15.9 Å². The largest absolute Gasteiger partial charge is 0.370 e. The molecule has 0 aliphatic carbocycles. The van der Waals surface area contributed by atoms with Gasteiger partial charge in [-0.25, -0.2) is 9.37 Å². The number of benzene rings is 1. The Morgan fingerprint density at radius 3 is 2.58 bits per heavy atom. The Morgan fingerprint density at radius 1 is 1.32 bits per heavy atom. The minimum absolute atomic E-state index is 0.0889. The van der Waals surface area contributed by atoms with Crippen molar-refractivity contribution in [2.45, 2.75) is 33.1 Å². The van der Waals surface area contributed by atoms with Crippen LogP contribution >= 0.6 is 11.6 Å². The number of nitrogens with zero attached hydrogens (tertiary/aromatic N) is 1. The van der Waals surface area contributed by atoms with Gasteiger partial charge in [0, 0.05) is 17.5 Å². The van der Waals surface area contributed by atoms with Gasteiger partial charge in [-0.2, -0.15) is 0 Å². The molecule has 0 radical (unpaired) electrons. The van der Waals surface area contributed by atoms with Gasteiger partial charge in [-0.15, -0.1) is 0 Å². The molecule has 0 fully saturated rings. The maximum absolute atomic E-state index is 13.9. The molecular formula is C15H18ClFN2. The first-order valence-electron chi connectivity index (χ1n) is 6.37. The fraction of sp³-hybridized carbons (Fsp3) is 0.400. The summed E-state index contributed by atoms with van der Waals surface area (Å²) in [5.74, 6) is 0.377. The molecule has 4 heteroatoms. The van der Waals surface area contributed by atoms with Crippen molar-refractivity contribution in [2.24, 2.45) is 0 Å². The van der Waals surface area contributed by atoms with E-state index in [9.17, 15) is 4.39 Å². The number of pyridine rings is 1. The zero-order chi connectivity index (χ0) is 14.2. The van der Waals surface area contributed by atoms with E-state index in [4.69, 9.17) is 11.6 Å². The molecule has 0 amide bonds. The quantitative estimate of drug-likeness (QED) is 0.858. The van der Waals surface area contributed by atoms with Gasteiger partial charge in [0.1, 0.15) is 17.2 Å². The lowest BCUT2D eigenvalue weighted by molar-refractivity contribution is 0.589. The Morgan fingerprint density at radius 2 is 2.00 bits per heavy atom. The second kappa shape index (κ2) is 4.97. The number of nitrogens with one attached hydrogen (secondary N) is 1. The second-order valence-electron chi connectivity index (χ2n) is 5.59. The molecule has 0 bridgehead atoms. The summed E-state index contributed by atoms with van der Waals surface area (Å²) < 4.78 is 13.9. The number of hydrogen-bond acceptors (Lipinski definition) is 2. The van der Waals surface area contributed by atoms with Crippen LogP contribution in [0.4, 0.5) is 10.2 Å². The van der Waals surface area contributed by atoms with Crippen molar-refractivity contribution in [3.63, 3.8) is 0 Å². The van der Waals surface area contributed by atoms with E-state index in [2.05, 4.69) is 31.1 Å². The van der Waals surface area contributed by atoms with Crippen molar-refractivity contribution in [2.75, 3.05) is 11.9 Å². The topological polar surface area (TPSA) is 24.9 Å². The minimum Gasteiger partial charge on any atom is -0.370 e. The van der Waals surface area contributed by atoms with Crippen molar-refractivity contribution in [3.8, 4) is 0 Å². The number of rotatable bonds is 2. The lowest BCUT2D eigenvalue weighted by Crippen LogP contribution is -2.16. The molecular weight excluding hydrogens is 263 g/mol. The van der Waals surface area contributed by atoms with Gasteiger partial charge in [0.15, 0.2) is 0 Å². The van der Waals surface area contributed by atoms with Gasteiger partial charge in [0.25, 0.3) is 0 Å². The average molecular weight is 281 g/mol. The summed E-state index contributed by atoms with van der Waals surface area (Å²) in [4.78, 5) is 4.42. The molecule has 102 valence electrons. The monoisotopic (exact) mass is 280 g/mol. The van der Waals surface area contributed by atoms with Crippen LogP contribution in [0.1, 0.15) is 33.3 Å². The summed E-state index contributed by atoms with van der Waals surface area (Å²) in [6.45, 7) is 9.04. The Kier molecular flexibility index (Phi) is 3.68. The van der Waals surface area contributed by atoms with E-state index in [0.717, 1.165) is 17.9 Å². The third-order valence-corrected chi connectivity index (χ3v) is 3.36. The summed E-state index contributed by atoms with van der Waals surface area (Å²) in [6.07, 6.45) is 0. The summed E-state index contributed by atoms with van der Waals surface area (Å²) in [5, 5.41) is 4.39. The fourth-order valence-corrected chi connectivity index (χ4v) is 2.27. The van der Waals surface area contributed by atoms with Crippen LogP contribution in [0, 0.1) is 5.82 Å². The minimum atomic E-state index is -0.348. The van der Waals surface area contributed by atoms with Crippen molar-refractivity contribution < 1.29 is 4.39 Å². The molecule has 0 aliphatic rings. The molecule has 2 rings (SSSR count). The Labute approximate surface area is 118 Å². The maximum atomic E-state index is 13.9. The molecule has 0 spiro atoms. The third-order valence-electron chi connectivity index (χ3n) is 3.03. The first-order valence-corrected chi connectivity index (χ1v) is 6.75. The number of halogens is 2. The van der Waals surface area contributed by atoms with Gasteiger partial charge in [-0.1, -0.05) is 32.4 Å². The fourth-order valence-electron chi connectivity index (χ4n) is 2.07. The van der Waals surface area contributed by atoms with Crippen molar-refractivity contribution in [1.29, 1.82) is 0 Å². The van der Waals surface area contributed by atoms with Crippen molar-refractivity contribution in [1.82, 2.24) is 4.98 Å². The van der Waals surface area contributed by atoms with Gasteiger partial charge in [0.2, 0.25) is 0 Å². The Balaban J connectivity index is 2.80. The van der Waals surface area contributed by atoms with Gasteiger partial charge in [-0.05, 0) is 30.5 Å². The van der Waals surface area contributed by atoms with E-state index in [1.165, 1.54) is 6.07 Å². The molecule has 1 aromatic carbocycles.